The van der Waals surface area contributed by atoms with E-state index in [0.717, 1.165) is 5.65 Å². The second-order valence-corrected chi connectivity index (χ2v) is 2.24. The minimum atomic E-state index is 0.508. The quantitative estimate of drug-likeness (QED) is 0.598. The Hall–Kier alpha value is -1.65. The Kier molecular flexibility index (Phi) is 1.06. The van der Waals surface area contributed by atoms with Crippen LogP contribution in [0.3, 0.4) is 0 Å². The zero-order chi connectivity index (χ0) is 7.84. The molecule has 0 unspecified atom stereocenters. The third-order valence-corrected chi connectivity index (χ3v) is 1.66. The summed E-state index contributed by atoms with van der Waals surface area (Å²) < 4.78 is 3.64. The van der Waals surface area contributed by atoms with Crippen molar-refractivity contribution >= 4 is 11.6 Å². The first-order valence-corrected chi connectivity index (χ1v) is 3.30. The smallest absolute Gasteiger partial charge is 0.206 e. The van der Waals surface area contributed by atoms with Crippen LogP contribution in [0, 0.1) is 0 Å². The van der Waals surface area contributed by atoms with Crippen molar-refractivity contribution in [2.45, 2.75) is 0 Å². The summed E-state index contributed by atoms with van der Waals surface area (Å²) in [4.78, 5) is 3.94. The number of fused-ring (bicyclic) bond motifs is 1. The van der Waals surface area contributed by atoms with E-state index in [0.29, 0.717) is 5.95 Å². The van der Waals surface area contributed by atoms with Gasteiger partial charge in [-0.25, -0.2) is 9.66 Å². The third kappa shape index (κ3) is 0.674. The maximum absolute atomic E-state index is 5.55. The summed E-state index contributed by atoms with van der Waals surface area (Å²) >= 11 is 0. The SMILES string of the molecule is CNn1ccn2c(N)ncc12. The lowest BCUT2D eigenvalue weighted by Crippen LogP contribution is -2.06. The van der Waals surface area contributed by atoms with E-state index in [4.69, 9.17) is 5.73 Å². The molecular formula is C6H9N5. The Bertz CT molecular complexity index is 371. The number of hydrogen-bond acceptors (Lipinski definition) is 3. The summed E-state index contributed by atoms with van der Waals surface area (Å²) in [6.45, 7) is 0. The van der Waals surface area contributed by atoms with Crippen LogP contribution in [0.25, 0.3) is 5.65 Å². The number of nitrogens with one attached hydrogen (secondary N) is 1. The summed E-state index contributed by atoms with van der Waals surface area (Å²) in [5.74, 6) is 0.508. The van der Waals surface area contributed by atoms with Gasteiger partial charge in [0.1, 0.15) is 0 Å². The van der Waals surface area contributed by atoms with Crippen LogP contribution >= 0.6 is 0 Å². The van der Waals surface area contributed by atoms with Crippen LogP contribution < -0.4 is 11.2 Å². The Balaban J connectivity index is 2.77. The maximum atomic E-state index is 5.55. The van der Waals surface area contributed by atoms with Crippen molar-refractivity contribution in [1.82, 2.24) is 14.1 Å². The largest absolute Gasteiger partial charge is 0.369 e. The molecule has 0 saturated carbocycles. The topological polar surface area (TPSA) is 60.3 Å². The highest BCUT2D eigenvalue weighted by atomic mass is 15.4. The van der Waals surface area contributed by atoms with E-state index in [1.807, 2.05) is 24.1 Å². The predicted octanol–water partition coefficient (Wildman–Crippen LogP) is -0.109. The van der Waals surface area contributed by atoms with Gasteiger partial charge in [0, 0.05) is 19.4 Å². The van der Waals surface area contributed by atoms with Gasteiger partial charge in [-0.05, 0) is 0 Å². The fourth-order valence-electron chi connectivity index (χ4n) is 1.10. The maximum Gasteiger partial charge on any atom is 0.206 e. The van der Waals surface area contributed by atoms with E-state index in [1.54, 1.807) is 10.6 Å². The molecule has 2 aromatic rings. The molecule has 0 atom stereocenters. The lowest BCUT2D eigenvalue weighted by molar-refractivity contribution is 0.966. The molecule has 2 aromatic heterocycles. The molecule has 2 rings (SSSR count). The van der Waals surface area contributed by atoms with Crippen molar-refractivity contribution in [3.05, 3.63) is 18.6 Å². The number of nitrogens with zero attached hydrogens (tertiary/aromatic N) is 3. The molecule has 2 heterocycles. The molecule has 0 aliphatic rings. The van der Waals surface area contributed by atoms with Gasteiger partial charge < -0.3 is 11.2 Å². The van der Waals surface area contributed by atoms with Crippen molar-refractivity contribution in [2.24, 2.45) is 0 Å². The Morgan fingerprint density at radius 2 is 2.36 bits per heavy atom. The van der Waals surface area contributed by atoms with Crippen LogP contribution in [-0.2, 0) is 0 Å². The number of nitrogen functional groups attached to an aromatic ring is 1. The molecule has 58 valence electrons. The molecule has 5 nitrogen and oxygen atoms in total. The number of imidazole rings is 2. The van der Waals surface area contributed by atoms with Gasteiger partial charge >= 0.3 is 0 Å². The molecule has 0 spiro atoms. The van der Waals surface area contributed by atoms with Crippen molar-refractivity contribution in [3.8, 4) is 0 Å². The summed E-state index contributed by atoms with van der Waals surface area (Å²) in [5, 5.41) is 0. The normalized spacial score (nSPS) is 10.6. The highest BCUT2D eigenvalue weighted by Gasteiger charge is 2.01. The van der Waals surface area contributed by atoms with Crippen LogP contribution in [0.4, 0.5) is 5.95 Å². The highest BCUT2D eigenvalue weighted by molar-refractivity contribution is 5.45. The minimum absolute atomic E-state index is 0.508. The molecule has 11 heavy (non-hydrogen) atoms. The van der Waals surface area contributed by atoms with Crippen molar-refractivity contribution in [3.63, 3.8) is 0 Å². The van der Waals surface area contributed by atoms with Crippen LogP contribution in [0.15, 0.2) is 18.6 Å². The lowest BCUT2D eigenvalue weighted by Gasteiger charge is -1.97. The van der Waals surface area contributed by atoms with E-state index >= 15 is 0 Å². The predicted molar refractivity (Wildman–Crippen MR) is 42.9 cm³/mol. The Labute approximate surface area is 63.4 Å². The molecule has 0 bridgehead atoms. The number of aromatic nitrogens is 3. The van der Waals surface area contributed by atoms with E-state index in [9.17, 15) is 0 Å². The molecule has 0 aromatic carbocycles. The van der Waals surface area contributed by atoms with Gasteiger partial charge in [-0.2, -0.15) is 0 Å². The standard InChI is InChI=1S/C6H9N5/c1-8-11-3-2-10-5(11)4-9-6(10)7/h2-4,8H,1H3,(H2,7,9). The zero-order valence-corrected chi connectivity index (χ0v) is 6.15. The van der Waals surface area contributed by atoms with E-state index in [-0.39, 0.29) is 0 Å². The van der Waals surface area contributed by atoms with Crippen LogP contribution in [-0.4, -0.2) is 21.1 Å². The van der Waals surface area contributed by atoms with Crippen molar-refractivity contribution < 1.29 is 0 Å². The fourth-order valence-corrected chi connectivity index (χ4v) is 1.10. The van der Waals surface area contributed by atoms with Crippen molar-refractivity contribution in [2.75, 3.05) is 18.2 Å². The number of hydrogen-bond donors (Lipinski definition) is 2. The first-order valence-electron chi connectivity index (χ1n) is 3.30. The van der Waals surface area contributed by atoms with Crippen LogP contribution in [0.5, 0.6) is 0 Å². The van der Waals surface area contributed by atoms with E-state index in [1.165, 1.54) is 0 Å². The molecule has 3 N–H and O–H groups in total. The molecule has 0 aliphatic heterocycles. The highest BCUT2D eigenvalue weighted by Crippen LogP contribution is 2.07. The van der Waals surface area contributed by atoms with Gasteiger partial charge in [0.25, 0.3) is 0 Å². The second-order valence-electron chi connectivity index (χ2n) is 2.24. The first kappa shape index (κ1) is 6.09. The molecular weight excluding hydrogens is 142 g/mol. The average Bonchev–Trinajstić information content (AvgIpc) is 2.53. The molecule has 5 heteroatoms. The van der Waals surface area contributed by atoms with Crippen LogP contribution in [0.2, 0.25) is 0 Å². The number of rotatable bonds is 1. The Morgan fingerprint density at radius 1 is 1.55 bits per heavy atom. The number of anilines is 1. The van der Waals surface area contributed by atoms with Gasteiger partial charge in [-0.15, -0.1) is 0 Å². The van der Waals surface area contributed by atoms with E-state index in [2.05, 4.69) is 10.4 Å². The van der Waals surface area contributed by atoms with Crippen molar-refractivity contribution in [1.29, 1.82) is 0 Å². The summed E-state index contributed by atoms with van der Waals surface area (Å²) in [6.07, 6.45) is 5.45. The minimum Gasteiger partial charge on any atom is -0.369 e. The zero-order valence-electron chi connectivity index (χ0n) is 6.15. The molecule has 0 aliphatic carbocycles. The summed E-state index contributed by atoms with van der Waals surface area (Å²) in [5.41, 5.74) is 9.45. The Morgan fingerprint density at radius 3 is 3.09 bits per heavy atom. The number of nitrogens with two attached hydrogens (primary N) is 1. The summed E-state index contributed by atoms with van der Waals surface area (Å²) in [6, 6.07) is 0. The van der Waals surface area contributed by atoms with Gasteiger partial charge in [-0.3, -0.25) is 4.40 Å². The van der Waals surface area contributed by atoms with Gasteiger partial charge in [0.05, 0.1) is 6.20 Å². The molecule has 0 amide bonds. The molecule has 0 radical (unpaired) electrons. The van der Waals surface area contributed by atoms with Gasteiger partial charge in [0.2, 0.25) is 5.95 Å². The fraction of sp³-hybridized carbons (Fsp3) is 0.167. The first-order chi connectivity index (χ1) is 5.33. The summed E-state index contributed by atoms with van der Waals surface area (Å²) in [7, 11) is 1.84. The third-order valence-electron chi connectivity index (χ3n) is 1.66. The lowest BCUT2D eigenvalue weighted by atomic mass is 10.8. The van der Waals surface area contributed by atoms with Gasteiger partial charge in [0.15, 0.2) is 5.65 Å². The van der Waals surface area contributed by atoms with Gasteiger partial charge in [-0.1, -0.05) is 0 Å². The second kappa shape index (κ2) is 1.91. The monoisotopic (exact) mass is 151 g/mol. The molecule has 0 saturated heterocycles. The van der Waals surface area contributed by atoms with Crippen LogP contribution in [0.1, 0.15) is 0 Å². The molecule has 0 fully saturated rings. The average molecular weight is 151 g/mol. The van der Waals surface area contributed by atoms with E-state index < -0.39 is 0 Å².